The van der Waals surface area contributed by atoms with Crippen LogP contribution in [0, 0.1) is 11.3 Å². The molecule has 0 bridgehead atoms. The van der Waals surface area contributed by atoms with Crippen molar-refractivity contribution < 1.29 is 14.3 Å². The molecule has 0 aliphatic carbocycles. The van der Waals surface area contributed by atoms with E-state index in [2.05, 4.69) is 10.6 Å². The van der Waals surface area contributed by atoms with Crippen molar-refractivity contribution in [3.63, 3.8) is 0 Å². The zero-order chi connectivity index (χ0) is 16.9. The first-order valence-electron chi connectivity index (χ1n) is 7.63. The maximum Gasteiger partial charge on any atom is 0.246 e. The second-order valence-electron chi connectivity index (χ2n) is 5.41. The summed E-state index contributed by atoms with van der Waals surface area (Å²) in [4.78, 5) is 12.3. The van der Waals surface area contributed by atoms with Crippen LogP contribution in [0.4, 0.5) is 11.4 Å². The first-order valence-corrected chi connectivity index (χ1v) is 7.63. The molecule has 1 amide bonds. The number of hydrogen-bond acceptors (Lipinski definition) is 5. The van der Waals surface area contributed by atoms with E-state index in [1.54, 1.807) is 31.2 Å². The summed E-state index contributed by atoms with van der Waals surface area (Å²) in [6.45, 7) is 2.82. The molecule has 2 N–H and O–H groups in total. The van der Waals surface area contributed by atoms with Gasteiger partial charge in [-0.25, -0.2) is 0 Å². The van der Waals surface area contributed by atoms with Gasteiger partial charge in [-0.2, -0.15) is 5.26 Å². The van der Waals surface area contributed by atoms with Crippen molar-refractivity contribution in [2.24, 2.45) is 0 Å². The minimum Gasteiger partial charge on any atom is -0.486 e. The fraction of sp³-hybridized carbons (Fsp3) is 0.222. The molecule has 3 rings (SSSR count). The molecule has 0 unspecified atom stereocenters. The van der Waals surface area contributed by atoms with Crippen LogP contribution in [0.15, 0.2) is 42.5 Å². The summed E-state index contributed by atoms with van der Waals surface area (Å²) in [5.41, 5.74) is 1.86. The third-order valence-corrected chi connectivity index (χ3v) is 3.58. The Morgan fingerprint density at radius 2 is 1.92 bits per heavy atom. The molecule has 2 aromatic rings. The van der Waals surface area contributed by atoms with Gasteiger partial charge in [-0.1, -0.05) is 6.07 Å². The Kier molecular flexibility index (Phi) is 4.52. The number of nitrogens with one attached hydrogen (secondary N) is 2. The van der Waals surface area contributed by atoms with Gasteiger partial charge in [-0.3, -0.25) is 4.79 Å². The minimum absolute atomic E-state index is 0.194. The fourth-order valence-corrected chi connectivity index (χ4v) is 2.37. The Labute approximate surface area is 140 Å². The van der Waals surface area contributed by atoms with Crippen LogP contribution in [0.25, 0.3) is 0 Å². The standard InChI is InChI=1S/C18H17N3O3/c1-12(18(22)21-14-4-2-3-13(9-14)11-19)20-15-5-6-16-17(10-15)24-8-7-23-16/h2-6,9-10,12,20H,7-8H2,1H3,(H,21,22)/t12-/m0/s1. The molecule has 1 atom stereocenters. The van der Waals surface area contributed by atoms with Crippen molar-refractivity contribution in [3.8, 4) is 17.6 Å². The quantitative estimate of drug-likeness (QED) is 0.904. The average molecular weight is 323 g/mol. The van der Waals surface area contributed by atoms with Gasteiger partial charge in [0.15, 0.2) is 11.5 Å². The van der Waals surface area contributed by atoms with Crippen LogP contribution < -0.4 is 20.1 Å². The molecule has 0 spiro atoms. The number of hydrogen-bond donors (Lipinski definition) is 2. The smallest absolute Gasteiger partial charge is 0.246 e. The van der Waals surface area contributed by atoms with Crippen LogP contribution in [0.3, 0.4) is 0 Å². The summed E-state index contributed by atoms with van der Waals surface area (Å²) in [7, 11) is 0. The van der Waals surface area contributed by atoms with E-state index in [9.17, 15) is 4.79 Å². The van der Waals surface area contributed by atoms with E-state index in [1.165, 1.54) is 0 Å². The summed E-state index contributed by atoms with van der Waals surface area (Å²) in [5.74, 6) is 1.18. The number of carbonyl (C=O) groups excluding carboxylic acids is 1. The maximum atomic E-state index is 12.3. The van der Waals surface area contributed by atoms with Crippen LogP contribution in [-0.4, -0.2) is 25.2 Å². The number of fused-ring (bicyclic) bond motifs is 1. The summed E-state index contributed by atoms with van der Waals surface area (Å²) in [5, 5.41) is 14.8. The molecule has 0 saturated carbocycles. The van der Waals surface area contributed by atoms with E-state index in [-0.39, 0.29) is 5.91 Å². The molecule has 24 heavy (non-hydrogen) atoms. The zero-order valence-electron chi connectivity index (χ0n) is 13.2. The van der Waals surface area contributed by atoms with E-state index in [1.807, 2.05) is 24.3 Å². The lowest BCUT2D eigenvalue weighted by Crippen LogP contribution is -2.31. The molecule has 0 radical (unpaired) electrons. The highest BCUT2D eigenvalue weighted by Gasteiger charge is 2.16. The Morgan fingerprint density at radius 3 is 2.71 bits per heavy atom. The van der Waals surface area contributed by atoms with Crippen molar-refractivity contribution in [3.05, 3.63) is 48.0 Å². The SMILES string of the molecule is C[C@H](Nc1ccc2c(c1)OCCO2)C(=O)Nc1cccc(C#N)c1. The number of carbonyl (C=O) groups is 1. The van der Waals surface area contributed by atoms with Crippen molar-refractivity contribution in [1.29, 1.82) is 5.26 Å². The predicted octanol–water partition coefficient (Wildman–Crippen LogP) is 2.77. The normalized spacial score (nSPS) is 13.5. The van der Waals surface area contributed by atoms with Gasteiger partial charge >= 0.3 is 0 Å². The third kappa shape index (κ3) is 3.58. The zero-order valence-corrected chi connectivity index (χ0v) is 13.2. The molecule has 1 aliphatic heterocycles. The van der Waals surface area contributed by atoms with E-state index in [0.29, 0.717) is 36.0 Å². The summed E-state index contributed by atoms with van der Waals surface area (Å²) in [6.07, 6.45) is 0. The number of benzene rings is 2. The topological polar surface area (TPSA) is 83.4 Å². The van der Waals surface area contributed by atoms with E-state index >= 15 is 0 Å². The second kappa shape index (κ2) is 6.92. The summed E-state index contributed by atoms with van der Waals surface area (Å²) >= 11 is 0. The first kappa shape index (κ1) is 15.7. The van der Waals surface area contributed by atoms with Crippen molar-refractivity contribution in [2.75, 3.05) is 23.8 Å². The highest BCUT2D eigenvalue weighted by atomic mass is 16.6. The number of nitrogens with zero attached hydrogens (tertiary/aromatic N) is 1. The molecule has 1 heterocycles. The molecule has 0 aromatic heterocycles. The number of amides is 1. The first-order chi connectivity index (χ1) is 11.7. The van der Waals surface area contributed by atoms with Crippen LogP contribution in [-0.2, 0) is 4.79 Å². The van der Waals surface area contributed by atoms with Crippen molar-refractivity contribution in [2.45, 2.75) is 13.0 Å². The highest BCUT2D eigenvalue weighted by molar-refractivity contribution is 5.96. The molecular weight excluding hydrogens is 306 g/mol. The summed E-state index contributed by atoms with van der Waals surface area (Å²) < 4.78 is 11.0. The van der Waals surface area contributed by atoms with Crippen molar-refractivity contribution >= 4 is 17.3 Å². The highest BCUT2D eigenvalue weighted by Crippen LogP contribution is 2.32. The molecule has 0 fully saturated rings. The Bertz CT molecular complexity index is 798. The lowest BCUT2D eigenvalue weighted by molar-refractivity contribution is -0.116. The minimum atomic E-state index is -0.460. The molecule has 2 aromatic carbocycles. The van der Waals surface area contributed by atoms with Crippen LogP contribution in [0.1, 0.15) is 12.5 Å². The number of anilines is 2. The van der Waals surface area contributed by atoms with Gasteiger partial charge in [-0.15, -0.1) is 0 Å². The fourth-order valence-electron chi connectivity index (χ4n) is 2.37. The van der Waals surface area contributed by atoms with Gasteiger partial charge in [0, 0.05) is 17.4 Å². The number of nitriles is 1. The second-order valence-corrected chi connectivity index (χ2v) is 5.41. The van der Waals surface area contributed by atoms with Crippen LogP contribution >= 0.6 is 0 Å². The Balaban J connectivity index is 1.64. The average Bonchev–Trinajstić information content (AvgIpc) is 2.61. The van der Waals surface area contributed by atoms with Gasteiger partial charge in [0.05, 0.1) is 11.6 Å². The number of rotatable bonds is 4. The van der Waals surface area contributed by atoms with Crippen molar-refractivity contribution in [1.82, 2.24) is 0 Å². The lowest BCUT2D eigenvalue weighted by Gasteiger charge is -2.20. The Hall–Kier alpha value is -3.20. The monoisotopic (exact) mass is 323 g/mol. The van der Waals surface area contributed by atoms with Gasteiger partial charge in [-0.05, 0) is 37.3 Å². The van der Waals surface area contributed by atoms with Crippen LogP contribution in [0.2, 0.25) is 0 Å². The van der Waals surface area contributed by atoms with Gasteiger partial charge < -0.3 is 20.1 Å². The summed E-state index contributed by atoms with van der Waals surface area (Å²) in [6, 6.07) is 13.9. The third-order valence-electron chi connectivity index (χ3n) is 3.58. The predicted molar refractivity (Wildman–Crippen MR) is 90.3 cm³/mol. The van der Waals surface area contributed by atoms with E-state index in [0.717, 1.165) is 5.69 Å². The molecule has 122 valence electrons. The molecular formula is C18H17N3O3. The van der Waals surface area contributed by atoms with E-state index in [4.69, 9.17) is 14.7 Å². The maximum absolute atomic E-state index is 12.3. The van der Waals surface area contributed by atoms with Gasteiger partial charge in [0.2, 0.25) is 5.91 Å². The van der Waals surface area contributed by atoms with E-state index < -0.39 is 6.04 Å². The Morgan fingerprint density at radius 1 is 1.12 bits per heavy atom. The molecule has 6 nitrogen and oxygen atoms in total. The molecule has 6 heteroatoms. The van der Waals surface area contributed by atoms with Gasteiger partial charge in [0.25, 0.3) is 0 Å². The molecule has 1 aliphatic rings. The molecule has 0 saturated heterocycles. The number of ether oxygens (including phenoxy) is 2. The lowest BCUT2D eigenvalue weighted by atomic mass is 10.2. The largest absolute Gasteiger partial charge is 0.486 e. The van der Waals surface area contributed by atoms with Crippen LogP contribution in [0.5, 0.6) is 11.5 Å². The van der Waals surface area contributed by atoms with Gasteiger partial charge in [0.1, 0.15) is 19.3 Å².